The van der Waals surface area contributed by atoms with Crippen molar-refractivity contribution in [2.45, 2.75) is 13.8 Å². The molecule has 6 heteroatoms. The van der Waals surface area contributed by atoms with Crippen molar-refractivity contribution in [2.24, 2.45) is 0 Å². The minimum atomic E-state index is -0.595. The van der Waals surface area contributed by atoms with Gasteiger partial charge in [-0.3, -0.25) is 0 Å². The Morgan fingerprint density at radius 2 is 1.62 bits per heavy atom. The molecule has 0 unspecified atom stereocenters. The van der Waals surface area contributed by atoms with E-state index in [4.69, 9.17) is 5.73 Å². The van der Waals surface area contributed by atoms with Gasteiger partial charge in [0.05, 0.1) is 5.91 Å². The van der Waals surface area contributed by atoms with Crippen molar-refractivity contribution < 1.29 is 37.5 Å². The number of carbonyl (C=O) groups is 1. The molecule has 1 N–H and O–H groups in total. The molecule has 1 radical (unpaired) electrons. The number of amides is 1. The van der Waals surface area contributed by atoms with Crippen LogP contribution in [0.3, 0.4) is 0 Å². The molecule has 0 heterocycles. The summed E-state index contributed by atoms with van der Waals surface area (Å²) in [6.07, 6.45) is 1.62. The van der Waals surface area contributed by atoms with E-state index in [0.29, 0.717) is 5.57 Å². The number of halogens is 2. The van der Waals surface area contributed by atoms with Gasteiger partial charge in [-0.1, -0.05) is 6.08 Å². The fourth-order valence-corrected chi connectivity index (χ4v) is 0.131. The first-order valence-electron chi connectivity index (χ1n) is 3.11. The van der Waals surface area contributed by atoms with E-state index in [0.717, 1.165) is 0 Å². The first-order chi connectivity index (χ1) is 5.59. The minimum absolute atomic E-state index is 0. The maximum Gasteiger partial charge on any atom is 0.0749 e. The van der Waals surface area contributed by atoms with Crippen LogP contribution < -0.4 is 0 Å². The second-order valence-electron chi connectivity index (χ2n) is 1.75. The monoisotopic (exact) mass is 485 g/mol. The van der Waals surface area contributed by atoms with E-state index < -0.39 is 5.91 Å². The fraction of sp³-hybridized carbons (Fsp3) is 0.571. The molecule has 0 aromatic carbocycles. The number of carbonyl (C=O) groups excluding carboxylic acids is 1. The Morgan fingerprint density at radius 3 is 1.62 bits per heavy atom. The maximum absolute atomic E-state index is 9.97. The van der Waals surface area contributed by atoms with E-state index in [2.05, 4.69) is 42.5 Å². The standard InChI is InChI=1S/C5H9NO.C2H6N.I2.Y/c1-3-4(2)5(6)7;1-3-2;1-2;/h3H,1-2H3,(H2,6,7);1-2H3;;/q;-1;;/p-1/b4-3-;;;. The summed E-state index contributed by atoms with van der Waals surface area (Å²) in [4.78, 5) is 9.97. The molecule has 1 amide bonds. The van der Waals surface area contributed by atoms with Gasteiger partial charge in [0.1, 0.15) is 0 Å². The topological polar surface area (TPSA) is 55.0 Å². The second-order valence-corrected chi connectivity index (χ2v) is 1.75. The normalized spacial score (nSPS) is 8.00. The summed E-state index contributed by atoms with van der Waals surface area (Å²) in [7, 11) is 3.50. The van der Waals surface area contributed by atoms with Crippen molar-refractivity contribution in [3.8, 4) is 0 Å². The molecule has 0 bridgehead atoms. The average Bonchev–Trinajstić information content (AvgIpc) is 2.08. The van der Waals surface area contributed by atoms with Crippen molar-refractivity contribution in [3.63, 3.8) is 0 Å². The molecule has 0 aromatic rings. The molecule has 0 aliphatic heterocycles. The predicted molar refractivity (Wildman–Crippen MR) is 72.0 cm³/mol. The molecular weight excluding hydrogens is 471 g/mol. The van der Waals surface area contributed by atoms with E-state index in [1.165, 1.54) is 0 Å². The van der Waals surface area contributed by atoms with E-state index in [-0.39, 0.29) is 32.7 Å². The number of hydrogen-bond acceptors (Lipinski definition) is 1. The van der Waals surface area contributed by atoms with Crippen LogP contribution >= 0.6 is 37.2 Å². The second kappa shape index (κ2) is 23.5. The quantitative estimate of drug-likeness (QED) is 0.411. The molecule has 13 heavy (non-hydrogen) atoms. The van der Waals surface area contributed by atoms with E-state index >= 15 is 0 Å². The van der Waals surface area contributed by atoms with Crippen molar-refractivity contribution in [2.75, 3.05) is 14.1 Å². The Hall–Kier alpha value is 1.73. The summed E-state index contributed by atoms with van der Waals surface area (Å²) in [6, 6.07) is 0. The van der Waals surface area contributed by atoms with Crippen molar-refractivity contribution >= 4 is 43.1 Å². The van der Waals surface area contributed by atoms with Crippen molar-refractivity contribution in [1.82, 2.24) is 0 Å². The maximum atomic E-state index is 9.97. The Labute approximate surface area is 129 Å². The molecule has 0 fully saturated rings. The number of allylic oxidation sites excluding steroid dienone is 1. The number of nitrogens with one attached hydrogen (secondary N) is 1. The van der Waals surface area contributed by atoms with Crippen LogP contribution in [-0.4, -0.2) is 20.0 Å². The summed E-state index contributed by atoms with van der Waals surface area (Å²) in [5, 5.41) is 3.50. The fourth-order valence-electron chi connectivity index (χ4n) is 0.131. The Bertz CT molecular complexity index is 132. The van der Waals surface area contributed by atoms with Crippen LogP contribution in [0.5, 0.6) is 0 Å². The molecule has 0 atom stereocenters. The summed E-state index contributed by atoms with van der Waals surface area (Å²) in [5.74, 6) is -0.595. The molecular formula is C7H14I2N2OY-2. The van der Waals surface area contributed by atoms with Gasteiger partial charge in [-0.25, -0.2) is 0 Å². The third kappa shape index (κ3) is 31.6. The Morgan fingerprint density at radius 1 is 1.38 bits per heavy atom. The van der Waals surface area contributed by atoms with Crippen LogP contribution in [0.25, 0.3) is 11.1 Å². The zero-order valence-electron chi connectivity index (χ0n) is 8.27. The van der Waals surface area contributed by atoms with Gasteiger partial charge in [-0.2, -0.15) is 14.1 Å². The molecule has 0 aliphatic carbocycles. The van der Waals surface area contributed by atoms with Crippen LogP contribution in [0.1, 0.15) is 13.8 Å². The smallest absolute Gasteiger partial charge is 0.0749 e. The number of nitrogens with zero attached hydrogens (tertiary/aromatic N) is 1. The van der Waals surface area contributed by atoms with Crippen molar-refractivity contribution in [3.05, 3.63) is 22.7 Å². The Balaban J connectivity index is -0.0000000581. The largest absolute Gasteiger partial charge is 0.668 e. The van der Waals surface area contributed by atoms with Crippen LogP contribution in [-0.2, 0) is 37.5 Å². The Kier molecular flexibility index (Phi) is 43.6. The molecule has 0 saturated heterocycles. The summed E-state index contributed by atoms with van der Waals surface area (Å²) in [5.41, 5.74) is 6.98. The van der Waals surface area contributed by atoms with E-state index in [9.17, 15) is 4.79 Å². The molecule has 77 valence electrons. The summed E-state index contributed by atoms with van der Waals surface area (Å²) >= 11 is 4.24. The molecule has 0 rings (SSSR count). The van der Waals surface area contributed by atoms with Gasteiger partial charge in [-0.05, 0) is 19.4 Å². The average molecular weight is 485 g/mol. The van der Waals surface area contributed by atoms with Gasteiger partial charge in [0.25, 0.3) is 0 Å². The first-order valence-corrected chi connectivity index (χ1v) is 9.39. The van der Waals surface area contributed by atoms with Gasteiger partial charge in [0, 0.05) is 69.9 Å². The third-order valence-corrected chi connectivity index (χ3v) is 0.791. The van der Waals surface area contributed by atoms with Gasteiger partial charge in [-0.15, -0.1) is 0 Å². The molecule has 0 spiro atoms. The summed E-state index contributed by atoms with van der Waals surface area (Å²) in [6.45, 7) is 3.36. The van der Waals surface area contributed by atoms with E-state index in [1.54, 1.807) is 34.0 Å². The number of rotatable bonds is 1. The van der Waals surface area contributed by atoms with Gasteiger partial charge in [0.15, 0.2) is 0 Å². The zero-order valence-corrected chi connectivity index (χ0v) is 15.4. The van der Waals surface area contributed by atoms with Gasteiger partial charge in [0.2, 0.25) is 0 Å². The molecule has 3 nitrogen and oxygen atoms in total. The van der Waals surface area contributed by atoms with Crippen LogP contribution in [0.2, 0.25) is 0 Å². The summed E-state index contributed by atoms with van der Waals surface area (Å²) < 4.78 is 0. The first kappa shape index (κ1) is 24.1. The van der Waals surface area contributed by atoms with Gasteiger partial charge >= 0.3 is 0 Å². The molecule has 0 aromatic heterocycles. The zero-order chi connectivity index (χ0) is 10.6. The third-order valence-electron chi connectivity index (χ3n) is 0.791. The van der Waals surface area contributed by atoms with Crippen molar-refractivity contribution in [1.29, 1.82) is 0 Å². The SMILES string of the molecule is C/C=C(/C)C([NH-])=O.C[N-]C.II.[Y]. The predicted octanol–water partition coefficient (Wildman–Crippen LogP) is 3.92. The van der Waals surface area contributed by atoms with Gasteiger partial charge < -0.3 is 15.8 Å². The van der Waals surface area contributed by atoms with E-state index in [1.807, 2.05) is 0 Å². The van der Waals surface area contributed by atoms with Crippen LogP contribution in [0.15, 0.2) is 11.6 Å². The number of hydrogen-bond donors (Lipinski definition) is 0. The molecule has 0 saturated carbocycles. The van der Waals surface area contributed by atoms with Crippen LogP contribution in [0.4, 0.5) is 0 Å². The van der Waals surface area contributed by atoms with Crippen LogP contribution in [0, 0.1) is 0 Å². The minimum Gasteiger partial charge on any atom is -0.668 e. The molecule has 0 aliphatic rings.